The number of ether oxygens (including phenoxy) is 6. The fourth-order valence-corrected chi connectivity index (χ4v) is 8.18. The van der Waals surface area contributed by atoms with Crippen molar-refractivity contribution in [3.63, 3.8) is 0 Å². The zero-order valence-electron chi connectivity index (χ0n) is 38.6. The van der Waals surface area contributed by atoms with Gasteiger partial charge >= 0.3 is 0 Å². The van der Waals surface area contributed by atoms with Crippen LogP contribution in [0.25, 0.3) is 0 Å². The second-order valence-corrected chi connectivity index (χ2v) is 16.2. The Morgan fingerprint density at radius 2 is 0.833 bits per heavy atom. The number of aryl methyl sites for hydroxylation is 2. The van der Waals surface area contributed by atoms with Crippen LogP contribution in [0.2, 0.25) is 0 Å². The Morgan fingerprint density at radius 3 is 1.15 bits per heavy atom. The van der Waals surface area contributed by atoms with Crippen molar-refractivity contribution in [2.24, 2.45) is 0 Å². The Hall–Kier alpha value is -7.02. The van der Waals surface area contributed by atoms with E-state index in [1.165, 1.54) is 0 Å². The minimum absolute atomic E-state index is 0.00204. The number of methoxy groups -OCH3 is 4. The molecule has 0 radical (unpaired) electrons. The molecule has 66 heavy (non-hydrogen) atoms. The summed E-state index contributed by atoms with van der Waals surface area (Å²) in [7, 11) is 6.44. The highest BCUT2D eigenvalue weighted by Gasteiger charge is 2.35. The lowest BCUT2D eigenvalue weighted by atomic mass is 9.99. The van der Waals surface area contributed by atoms with Gasteiger partial charge in [0, 0.05) is 60.9 Å². The van der Waals surface area contributed by atoms with Gasteiger partial charge < -0.3 is 48.9 Å². The van der Waals surface area contributed by atoms with Gasteiger partial charge in [-0.2, -0.15) is 0 Å². The molecule has 2 aliphatic heterocycles. The molecule has 12 heteroatoms. The summed E-state index contributed by atoms with van der Waals surface area (Å²) in [6, 6.07) is 45.8. The van der Waals surface area contributed by atoms with Crippen molar-refractivity contribution in [3.8, 4) is 23.0 Å². The maximum atomic E-state index is 14.0. The van der Waals surface area contributed by atoms with Crippen LogP contribution in [0, 0.1) is 13.8 Å². The quantitative estimate of drug-likeness (QED) is 0.109. The fourth-order valence-electron chi connectivity index (χ4n) is 8.18. The lowest BCUT2D eigenvalue weighted by Gasteiger charge is -2.38. The molecule has 0 aromatic heterocycles. The molecule has 2 saturated heterocycles. The van der Waals surface area contributed by atoms with Crippen LogP contribution < -0.4 is 29.6 Å². The summed E-state index contributed by atoms with van der Waals surface area (Å²) in [4.78, 5) is 31.9. The molecule has 0 saturated carbocycles. The van der Waals surface area contributed by atoms with Crippen LogP contribution in [-0.2, 0) is 19.1 Å². The van der Waals surface area contributed by atoms with E-state index in [0.717, 1.165) is 44.8 Å². The van der Waals surface area contributed by atoms with Crippen molar-refractivity contribution in [3.05, 3.63) is 179 Å². The van der Waals surface area contributed by atoms with Crippen molar-refractivity contribution in [1.29, 1.82) is 0 Å². The molecule has 0 bridgehead atoms. The van der Waals surface area contributed by atoms with Crippen LogP contribution in [0.1, 0.15) is 57.5 Å². The number of nitrogens with one attached hydrogen (secondary N) is 2. The monoisotopic (exact) mass is 892 g/mol. The molecule has 0 spiro atoms. The molecule has 0 aliphatic carbocycles. The molecule has 344 valence electrons. The van der Waals surface area contributed by atoms with Crippen LogP contribution in [0.15, 0.2) is 146 Å². The van der Waals surface area contributed by atoms with Crippen LogP contribution in [0.4, 0.5) is 11.4 Å². The number of benzene rings is 6. The molecule has 2 amide bonds. The molecule has 2 fully saturated rings. The zero-order chi connectivity index (χ0) is 46.4. The summed E-state index contributed by atoms with van der Waals surface area (Å²) in [6.07, 6.45) is 0. The number of hydrogen-bond donors (Lipinski definition) is 2. The molecule has 2 N–H and O–H groups in total. The van der Waals surface area contributed by atoms with Crippen molar-refractivity contribution in [1.82, 2.24) is 9.80 Å². The average molecular weight is 893 g/mol. The van der Waals surface area contributed by atoms with E-state index in [1.807, 2.05) is 157 Å². The van der Waals surface area contributed by atoms with E-state index in [2.05, 4.69) is 10.6 Å². The van der Waals surface area contributed by atoms with E-state index in [9.17, 15) is 9.59 Å². The summed E-state index contributed by atoms with van der Waals surface area (Å²) in [5.41, 5.74) is 7.69. The number of anilines is 2. The predicted molar refractivity (Wildman–Crippen MR) is 258 cm³/mol. The van der Waals surface area contributed by atoms with Gasteiger partial charge in [0.25, 0.3) is 0 Å². The van der Waals surface area contributed by atoms with Gasteiger partial charge in [0.2, 0.25) is 11.8 Å². The van der Waals surface area contributed by atoms with Gasteiger partial charge in [-0.3, -0.25) is 9.59 Å². The lowest BCUT2D eigenvalue weighted by Crippen LogP contribution is -2.46. The van der Waals surface area contributed by atoms with E-state index in [0.29, 0.717) is 62.5 Å². The normalized spacial score (nSPS) is 16.7. The van der Waals surface area contributed by atoms with Crippen molar-refractivity contribution in [2.45, 2.75) is 38.0 Å². The van der Waals surface area contributed by atoms with E-state index in [1.54, 1.807) is 40.6 Å². The van der Waals surface area contributed by atoms with Crippen molar-refractivity contribution >= 4 is 23.2 Å². The van der Waals surface area contributed by atoms with Crippen molar-refractivity contribution in [2.75, 3.05) is 78.6 Å². The first-order chi connectivity index (χ1) is 32.2. The maximum Gasteiger partial charge on any atom is 0.250 e. The van der Waals surface area contributed by atoms with E-state index in [-0.39, 0.29) is 23.9 Å². The van der Waals surface area contributed by atoms with Crippen LogP contribution in [0.3, 0.4) is 0 Å². The van der Waals surface area contributed by atoms with Crippen LogP contribution in [0.5, 0.6) is 23.0 Å². The highest BCUT2D eigenvalue weighted by molar-refractivity contribution is 5.88. The van der Waals surface area contributed by atoms with Gasteiger partial charge in [-0.1, -0.05) is 120 Å². The van der Waals surface area contributed by atoms with Crippen LogP contribution in [-0.4, -0.2) is 89.6 Å². The number of rotatable bonds is 14. The molecule has 4 atom stereocenters. The number of morpholine rings is 2. The molecular formula is C54H60N4O8. The molecular weight excluding hydrogens is 833 g/mol. The molecule has 6 aromatic rings. The minimum Gasteiger partial charge on any atom is -0.497 e. The summed E-state index contributed by atoms with van der Waals surface area (Å²) < 4.78 is 33.2. The molecule has 12 nitrogen and oxygen atoms in total. The van der Waals surface area contributed by atoms with Gasteiger partial charge in [-0.25, -0.2) is 0 Å². The zero-order valence-corrected chi connectivity index (χ0v) is 38.6. The van der Waals surface area contributed by atoms with Gasteiger partial charge in [0.05, 0.1) is 67.0 Å². The Labute approximate surface area is 388 Å². The summed E-state index contributed by atoms with van der Waals surface area (Å²) in [5.74, 6) is 2.61. The first-order valence-corrected chi connectivity index (χ1v) is 22.2. The van der Waals surface area contributed by atoms with E-state index >= 15 is 0 Å². The standard InChI is InChI=1S/2C27H30N2O4/c2*1-19-9-11-21(12-10-19)26(28-22-15-23(31-2)17-24(16-22)32-3)27(30)29-13-14-33-18-25(29)20-7-5-4-6-8-20/h2*4-12,15-17,25-26,28H,13-14,18H2,1-3H3. The number of nitrogens with zero attached hydrogens (tertiary/aromatic N) is 2. The van der Waals surface area contributed by atoms with E-state index in [4.69, 9.17) is 28.4 Å². The smallest absolute Gasteiger partial charge is 0.250 e. The van der Waals surface area contributed by atoms with Crippen molar-refractivity contribution < 1.29 is 38.0 Å². The minimum atomic E-state index is -0.577. The number of amides is 2. The third kappa shape index (κ3) is 11.8. The Kier molecular flexibility index (Phi) is 16.2. The summed E-state index contributed by atoms with van der Waals surface area (Å²) >= 11 is 0. The molecule has 8 rings (SSSR count). The SMILES string of the molecule is COc1cc(NC(C(=O)N2CCOCC2c2ccccc2)c2ccc(C)cc2)cc(OC)c1.COc1cc(NC(C(=O)N2CCOCC2c2ccccc2)c2ccc(C)cc2)cc(OC)c1. The van der Waals surface area contributed by atoms with Gasteiger partial charge in [-0.05, 0) is 36.1 Å². The topological polar surface area (TPSA) is 120 Å². The highest BCUT2D eigenvalue weighted by atomic mass is 16.5. The molecule has 6 aromatic carbocycles. The highest BCUT2D eigenvalue weighted by Crippen LogP contribution is 2.35. The molecule has 4 unspecified atom stereocenters. The van der Waals surface area contributed by atoms with Gasteiger partial charge in [0.1, 0.15) is 35.1 Å². The summed E-state index contributed by atoms with van der Waals surface area (Å²) in [5, 5.41) is 6.88. The second-order valence-electron chi connectivity index (χ2n) is 16.2. The first kappa shape index (κ1) is 47.0. The number of carbonyl (C=O) groups excluding carboxylic acids is 2. The molecule has 2 heterocycles. The maximum absolute atomic E-state index is 14.0. The largest absolute Gasteiger partial charge is 0.497 e. The van der Waals surface area contributed by atoms with Gasteiger partial charge in [-0.15, -0.1) is 0 Å². The van der Waals surface area contributed by atoms with Crippen LogP contribution >= 0.6 is 0 Å². The molecule has 2 aliphatic rings. The third-order valence-electron chi connectivity index (χ3n) is 11.8. The Bertz CT molecular complexity index is 2270. The number of carbonyl (C=O) groups is 2. The average Bonchev–Trinajstić information content (AvgIpc) is 3.38. The summed E-state index contributed by atoms with van der Waals surface area (Å²) in [6.45, 7) is 7.12. The third-order valence-corrected chi connectivity index (χ3v) is 11.8. The Balaban J connectivity index is 0.000000196. The fraction of sp³-hybridized carbons (Fsp3) is 0.296. The second kappa shape index (κ2) is 22.7. The Morgan fingerprint density at radius 1 is 0.500 bits per heavy atom. The van der Waals surface area contributed by atoms with Gasteiger partial charge in [0.15, 0.2) is 0 Å². The predicted octanol–water partition coefficient (Wildman–Crippen LogP) is 9.53. The number of hydrogen-bond acceptors (Lipinski definition) is 10. The first-order valence-electron chi connectivity index (χ1n) is 22.2. The van der Waals surface area contributed by atoms with E-state index < -0.39 is 12.1 Å². The lowest BCUT2D eigenvalue weighted by molar-refractivity contribution is -0.141.